The number of nitrogens with one attached hydrogen (secondary N) is 1. The van der Waals surface area contributed by atoms with Crippen molar-refractivity contribution in [3.05, 3.63) is 0 Å². The van der Waals surface area contributed by atoms with Crippen LogP contribution >= 0.6 is 0 Å². The van der Waals surface area contributed by atoms with Crippen LogP contribution in [0.1, 0.15) is 20.8 Å². The number of hydrogen-bond donors (Lipinski definition) is 2. The summed E-state index contributed by atoms with van der Waals surface area (Å²) in [5, 5.41) is 12.0. The zero-order valence-electron chi connectivity index (χ0n) is 11.5. The van der Waals surface area contributed by atoms with Crippen molar-refractivity contribution in [2.75, 3.05) is 6.54 Å². The Labute approximate surface area is 105 Å². The third-order valence-corrected chi connectivity index (χ3v) is 2.35. The highest BCUT2D eigenvalue weighted by Gasteiger charge is 2.16. The Morgan fingerprint density at radius 3 is 2.35 bits per heavy atom. The molecule has 0 fully saturated rings. The van der Waals surface area contributed by atoms with Crippen molar-refractivity contribution < 1.29 is 14.6 Å². The SMILES string of the molecule is CC(C)(C)OC(=O)NC[C@@H](O)C#C[Si](C)(C)C. The summed E-state index contributed by atoms with van der Waals surface area (Å²) in [6.07, 6.45) is -1.37. The van der Waals surface area contributed by atoms with Crippen molar-refractivity contribution in [2.24, 2.45) is 0 Å². The number of rotatable bonds is 2. The van der Waals surface area contributed by atoms with Gasteiger partial charge < -0.3 is 15.2 Å². The van der Waals surface area contributed by atoms with Gasteiger partial charge in [0.25, 0.3) is 0 Å². The average molecular weight is 257 g/mol. The Morgan fingerprint density at radius 1 is 1.41 bits per heavy atom. The quantitative estimate of drug-likeness (QED) is 0.585. The monoisotopic (exact) mass is 257 g/mol. The van der Waals surface area contributed by atoms with Gasteiger partial charge in [-0.1, -0.05) is 25.6 Å². The van der Waals surface area contributed by atoms with Gasteiger partial charge in [-0.05, 0) is 20.8 Å². The van der Waals surface area contributed by atoms with Crippen LogP contribution in [0.2, 0.25) is 19.6 Å². The van der Waals surface area contributed by atoms with Crippen LogP contribution in [-0.2, 0) is 4.74 Å². The molecule has 5 heteroatoms. The third-order valence-electron chi connectivity index (χ3n) is 1.45. The maximum absolute atomic E-state index is 11.3. The minimum Gasteiger partial charge on any atom is -0.444 e. The zero-order chi connectivity index (χ0) is 13.7. The van der Waals surface area contributed by atoms with Gasteiger partial charge in [0.1, 0.15) is 19.8 Å². The Bertz CT molecular complexity index is 317. The van der Waals surface area contributed by atoms with Gasteiger partial charge in [0.05, 0.1) is 6.54 Å². The summed E-state index contributed by atoms with van der Waals surface area (Å²) < 4.78 is 5.03. The zero-order valence-corrected chi connectivity index (χ0v) is 12.5. The first-order valence-electron chi connectivity index (χ1n) is 5.67. The summed E-state index contributed by atoms with van der Waals surface area (Å²) in [4.78, 5) is 11.3. The standard InChI is InChI=1S/C12H23NO3Si/c1-12(2,3)16-11(15)13-9-10(14)7-8-17(4,5)6/h10,14H,9H2,1-6H3,(H,13,15)/t10-/m0/s1. The van der Waals surface area contributed by atoms with Crippen molar-refractivity contribution in [2.45, 2.75) is 52.1 Å². The van der Waals surface area contributed by atoms with E-state index in [0.29, 0.717) is 0 Å². The fourth-order valence-corrected chi connectivity index (χ4v) is 1.44. The molecule has 0 aromatic heterocycles. The van der Waals surface area contributed by atoms with Crippen LogP contribution < -0.4 is 5.32 Å². The second-order valence-corrected chi connectivity index (χ2v) is 10.7. The lowest BCUT2D eigenvalue weighted by molar-refractivity contribution is 0.0507. The van der Waals surface area contributed by atoms with Crippen LogP contribution in [0.15, 0.2) is 0 Å². The molecule has 0 unspecified atom stereocenters. The topological polar surface area (TPSA) is 58.6 Å². The highest BCUT2D eigenvalue weighted by atomic mass is 28.3. The first kappa shape index (κ1) is 16.0. The molecule has 0 aromatic rings. The van der Waals surface area contributed by atoms with Crippen LogP contribution in [-0.4, -0.2) is 37.5 Å². The van der Waals surface area contributed by atoms with E-state index < -0.39 is 25.9 Å². The Morgan fingerprint density at radius 2 is 1.94 bits per heavy atom. The second kappa shape index (κ2) is 6.08. The lowest BCUT2D eigenvalue weighted by Gasteiger charge is -2.19. The largest absolute Gasteiger partial charge is 0.444 e. The Balaban J connectivity index is 4.04. The van der Waals surface area contributed by atoms with Gasteiger partial charge in [-0.25, -0.2) is 4.79 Å². The van der Waals surface area contributed by atoms with Crippen LogP contribution in [0.4, 0.5) is 4.79 Å². The predicted molar refractivity (Wildman–Crippen MR) is 71.4 cm³/mol. The number of aliphatic hydroxyl groups excluding tert-OH is 1. The van der Waals surface area contributed by atoms with E-state index in [1.54, 1.807) is 20.8 Å². The molecule has 0 rings (SSSR count). The van der Waals surface area contributed by atoms with E-state index in [2.05, 4.69) is 36.4 Å². The maximum atomic E-state index is 11.3. The number of aliphatic hydroxyl groups is 1. The second-order valence-electron chi connectivity index (χ2n) is 5.92. The normalized spacial score (nSPS) is 13.4. The Hall–Kier alpha value is -0.993. The van der Waals surface area contributed by atoms with Crippen molar-refractivity contribution in [1.82, 2.24) is 5.32 Å². The number of hydrogen-bond acceptors (Lipinski definition) is 3. The lowest BCUT2D eigenvalue weighted by atomic mass is 10.2. The van der Waals surface area contributed by atoms with Crippen molar-refractivity contribution in [3.63, 3.8) is 0 Å². The molecule has 4 nitrogen and oxygen atoms in total. The molecule has 0 saturated carbocycles. The summed E-state index contributed by atoms with van der Waals surface area (Å²) in [6, 6.07) is 0. The summed E-state index contributed by atoms with van der Waals surface area (Å²) in [6.45, 7) is 11.7. The molecule has 0 saturated heterocycles. The van der Waals surface area contributed by atoms with Crippen LogP contribution in [0.25, 0.3) is 0 Å². The van der Waals surface area contributed by atoms with E-state index in [-0.39, 0.29) is 6.54 Å². The lowest BCUT2D eigenvalue weighted by Crippen LogP contribution is -2.36. The molecule has 2 N–H and O–H groups in total. The van der Waals surface area contributed by atoms with E-state index in [1.807, 2.05) is 0 Å². The van der Waals surface area contributed by atoms with Gasteiger partial charge in [0.2, 0.25) is 0 Å². The molecule has 1 atom stereocenters. The number of alkyl carbamates (subject to hydrolysis) is 1. The van der Waals surface area contributed by atoms with E-state index in [1.165, 1.54) is 0 Å². The molecule has 0 heterocycles. The van der Waals surface area contributed by atoms with Gasteiger partial charge in [-0.15, -0.1) is 5.54 Å². The van der Waals surface area contributed by atoms with Crippen LogP contribution in [0.3, 0.4) is 0 Å². The fraction of sp³-hybridized carbons (Fsp3) is 0.750. The molecule has 98 valence electrons. The summed E-state index contributed by atoms with van der Waals surface area (Å²) in [7, 11) is -1.48. The molecular formula is C12H23NO3Si. The number of carbonyl (C=O) groups excluding carboxylic acids is 1. The highest BCUT2D eigenvalue weighted by molar-refractivity contribution is 6.83. The van der Waals surface area contributed by atoms with E-state index in [0.717, 1.165) is 0 Å². The third kappa shape index (κ3) is 11.3. The Kier molecular flexibility index (Phi) is 5.72. The van der Waals surface area contributed by atoms with Gasteiger partial charge in [0, 0.05) is 0 Å². The van der Waals surface area contributed by atoms with Crippen LogP contribution in [0, 0.1) is 11.5 Å². The van der Waals surface area contributed by atoms with E-state index in [4.69, 9.17) is 4.74 Å². The molecule has 0 spiro atoms. The molecule has 0 aliphatic carbocycles. The minimum atomic E-state index is -1.48. The van der Waals surface area contributed by atoms with E-state index >= 15 is 0 Å². The van der Waals surface area contributed by atoms with Gasteiger partial charge in [0.15, 0.2) is 0 Å². The van der Waals surface area contributed by atoms with E-state index in [9.17, 15) is 9.90 Å². The van der Waals surface area contributed by atoms with Gasteiger partial charge >= 0.3 is 6.09 Å². The number of carbonyl (C=O) groups is 1. The van der Waals surface area contributed by atoms with Crippen molar-refractivity contribution >= 4 is 14.2 Å². The molecule has 17 heavy (non-hydrogen) atoms. The molecule has 0 aliphatic rings. The molecule has 1 amide bonds. The van der Waals surface area contributed by atoms with Gasteiger partial charge in [-0.3, -0.25) is 0 Å². The summed E-state index contributed by atoms with van der Waals surface area (Å²) >= 11 is 0. The minimum absolute atomic E-state index is 0.0897. The molecule has 0 bridgehead atoms. The fourth-order valence-electron chi connectivity index (χ4n) is 0.845. The number of amides is 1. The van der Waals surface area contributed by atoms with Crippen molar-refractivity contribution in [3.8, 4) is 11.5 Å². The highest BCUT2D eigenvalue weighted by Crippen LogP contribution is 2.06. The smallest absolute Gasteiger partial charge is 0.407 e. The first-order valence-corrected chi connectivity index (χ1v) is 9.17. The van der Waals surface area contributed by atoms with Crippen molar-refractivity contribution in [1.29, 1.82) is 0 Å². The molecule has 0 aliphatic heterocycles. The maximum Gasteiger partial charge on any atom is 0.407 e. The molecule has 0 aromatic carbocycles. The average Bonchev–Trinajstić information content (AvgIpc) is 2.07. The predicted octanol–water partition coefficient (Wildman–Crippen LogP) is 1.75. The summed E-state index contributed by atoms with van der Waals surface area (Å²) in [5.74, 6) is 2.74. The first-order chi connectivity index (χ1) is 7.49. The molecule has 0 radical (unpaired) electrons. The number of ether oxygens (including phenoxy) is 1. The molecular weight excluding hydrogens is 234 g/mol. The van der Waals surface area contributed by atoms with Gasteiger partial charge in [-0.2, -0.15) is 0 Å². The summed E-state index contributed by atoms with van der Waals surface area (Å²) in [5.41, 5.74) is 2.51. The van der Waals surface area contributed by atoms with Crippen LogP contribution in [0.5, 0.6) is 0 Å².